The summed E-state index contributed by atoms with van der Waals surface area (Å²) in [7, 11) is 1.97. The Morgan fingerprint density at radius 2 is 2.25 bits per heavy atom. The fourth-order valence-electron chi connectivity index (χ4n) is 1.78. The van der Waals surface area contributed by atoms with Crippen LogP contribution in [0.3, 0.4) is 0 Å². The van der Waals surface area contributed by atoms with Crippen LogP contribution in [0.2, 0.25) is 0 Å². The molecule has 16 heavy (non-hydrogen) atoms. The quantitative estimate of drug-likeness (QED) is 0.831. The molecule has 4 nitrogen and oxygen atoms in total. The van der Waals surface area contributed by atoms with Crippen LogP contribution >= 0.6 is 0 Å². The molecule has 0 aliphatic carbocycles. The summed E-state index contributed by atoms with van der Waals surface area (Å²) in [5.41, 5.74) is 9.13. The molecule has 0 aliphatic heterocycles. The average Bonchev–Trinajstić information content (AvgIpc) is 2.68. The van der Waals surface area contributed by atoms with E-state index < -0.39 is 0 Å². The zero-order chi connectivity index (χ0) is 11.4. The van der Waals surface area contributed by atoms with Gasteiger partial charge in [-0.1, -0.05) is 6.07 Å². The van der Waals surface area contributed by atoms with Crippen molar-refractivity contribution in [2.45, 2.75) is 19.4 Å². The Hall–Kier alpha value is -1.68. The molecule has 0 aromatic carbocycles. The Kier molecular flexibility index (Phi) is 3.31. The van der Waals surface area contributed by atoms with Crippen LogP contribution in [0.25, 0.3) is 0 Å². The molecule has 2 N–H and O–H groups in total. The normalized spacial score (nSPS) is 10.6. The molecule has 0 saturated carbocycles. The number of nitrogens with zero attached hydrogens (tertiary/aromatic N) is 3. The molecule has 0 radical (unpaired) electrons. The first-order valence-corrected chi connectivity index (χ1v) is 5.39. The number of imidazole rings is 1. The van der Waals surface area contributed by atoms with E-state index in [0.29, 0.717) is 6.54 Å². The van der Waals surface area contributed by atoms with Crippen molar-refractivity contribution in [3.8, 4) is 0 Å². The predicted octanol–water partition coefficient (Wildman–Crippen LogP) is 1.06. The van der Waals surface area contributed by atoms with Crippen LogP contribution in [-0.2, 0) is 26.4 Å². The van der Waals surface area contributed by atoms with Crippen LogP contribution in [0.15, 0.2) is 30.9 Å². The third-order valence-corrected chi connectivity index (χ3v) is 2.71. The van der Waals surface area contributed by atoms with Gasteiger partial charge in [-0.3, -0.25) is 4.98 Å². The Bertz CT molecular complexity index is 447. The minimum Gasteiger partial charge on any atom is -0.336 e. The van der Waals surface area contributed by atoms with Crippen molar-refractivity contribution in [2.24, 2.45) is 12.8 Å². The first-order chi connectivity index (χ1) is 7.81. The minimum absolute atomic E-state index is 0.541. The molecule has 4 heteroatoms. The topological polar surface area (TPSA) is 56.7 Å². The maximum absolute atomic E-state index is 5.69. The first-order valence-electron chi connectivity index (χ1n) is 5.39. The standard InChI is InChI=1S/C12H16N4/c1-16-9-15-11(12(16)7-13)5-4-10-3-2-6-14-8-10/h2-3,6,8-9H,4-5,7,13H2,1H3. The predicted molar refractivity (Wildman–Crippen MR) is 62.7 cm³/mol. The summed E-state index contributed by atoms with van der Waals surface area (Å²) in [5.74, 6) is 0. The Morgan fingerprint density at radius 3 is 2.94 bits per heavy atom. The monoisotopic (exact) mass is 216 g/mol. The van der Waals surface area contributed by atoms with E-state index >= 15 is 0 Å². The Morgan fingerprint density at radius 1 is 1.38 bits per heavy atom. The van der Waals surface area contributed by atoms with E-state index in [9.17, 15) is 0 Å². The van der Waals surface area contributed by atoms with Crippen molar-refractivity contribution >= 4 is 0 Å². The van der Waals surface area contributed by atoms with Crippen molar-refractivity contribution < 1.29 is 0 Å². The van der Waals surface area contributed by atoms with Gasteiger partial charge in [0.05, 0.1) is 17.7 Å². The lowest BCUT2D eigenvalue weighted by atomic mass is 10.1. The molecule has 0 aliphatic rings. The number of aryl methyl sites for hydroxylation is 3. The van der Waals surface area contributed by atoms with E-state index in [1.807, 2.05) is 30.2 Å². The van der Waals surface area contributed by atoms with E-state index in [4.69, 9.17) is 5.73 Å². The minimum atomic E-state index is 0.541. The second-order valence-corrected chi connectivity index (χ2v) is 3.81. The zero-order valence-electron chi connectivity index (χ0n) is 9.43. The molecule has 0 atom stereocenters. The fourth-order valence-corrected chi connectivity index (χ4v) is 1.78. The summed E-state index contributed by atoms with van der Waals surface area (Å²) < 4.78 is 1.98. The van der Waals surface area contributed by atoms with E-state index in [0.717, 1.165) is 24.2 Å². The van der Waals surface area contributed by atoms with Crippen LogP contribution in [0, 0.1) is 0 Å². The van der Waals surface area contributed by atoms with E-state index in [2.05, 4.69) is 16.0 Å². The molecule has 0 fully saturated rings. The second kappa shape index (κ2) is 4.90. The summed E-state index contributed by atoms with van der Waals surface area (Å²) in [6.45, 7) is 0.541. The Labute approximate surface area is 95.1 Å². The summed E-state index contributed by atoms with van der Waals surface area (Å²) >= 11 is 0. The third-order valence-electron chi connectivity index (χ3n) is 2.71. The molecular weight excluding hydrogens is 200 g/mol. The van der Waals surface area contributed by atoms with Gasteiger partial charge in [-0.25, -0.2) is 4.98 Å². The summed E-state index contributed by atoms with van der Waals surface area (Å²) in [6, 6.07) is 4.04. The van der Waals surface area contributed by atoms with Gasteiger partial charge in [0.2, 0.25) is 0 Å². The number of rotatable bonds is 4. The molecule has 2 aromatic rings. The van der Waals surface area contributed by atoms with Crippen molar-refractivity contribution in [1.82, 2.24) is 14.5 Å². The summed E-state index contributed by atoms with van der Waals surface area (Å²) in [4.78, 5) is 8.46. The van der Waals surface area contributed by atoms with Gasteiger partial charge in [-0.2, -0.15) is 0 Å². The lowest BCUT2D eigenvalue weighted by Gasteiger charge is -2.03. The second-order valence-electron chi connectivity index (χ2n) is 3.81. The van der Waals surface area contributed by atoms with Crippen LogP contribution in [0.5, 0.6) is 0 Å². The van der Waals surface area contributed by atoms with Crippen molar-refractivity contribution in [3.05, 3.63) is 47.8 Å². The molecule has 2 heterocycles. The van der Waals surface area contributed by atoms with Gasteiger partial charge in [-0.15, -0.1) is 0 Å². The number of aromatic nitrogens is 3. The molecule has 2 aromatic heterocycles. The molecular formula is C12H16N4. The Balaban J connectivity index is 2.05. The van der Waals surface area contributed by atoms with Crippen LogP contribution in [0.4, 0.5) is 0 Å². The molecule has 0 amide bonds. The zero-order valence-corrected chi connectivity index (χ0v) is 9.43. The first kappa shape index (κ1) is 10.8. The smallest absolute Gasteiger partial charge is 0.0949 e. The maximum Gasteiger partial charge on any atom is 0.0949 e. The molecule has 84 valence electrons. The summed E-state index contributed by atoms with van der Waals surface area (Å²) in [5, 5.41) is 0. The van der Waals surface area contributed by atoms with Gasteiger partial charge in [0.25, 0.3) is 0 Å². The molecule has 2 rings (SSSR count). The highest BCUT2D eigenvalue weighted by Crippen LogP contribution is 2.09. The van der Waals surface area contributed by atoms with E-state index in [1.165, 1.54) is 5.56 Å². The number of pyridine rings is 1. The van der Waals surface area contributed by atoms with Crippen molar-refractivity contribution in [3.63, 3.8) is 0 Å². The SMILES string of the molecule is Cn1cnc(CCc2cccnc2)c1CN. The molecule has 0 bridgehead atoms. The van der Waals surface area contributed by atoms with Gasteiger partial charge in [-0.05, 0) is 24.5 Å². The highest BCUT2D eigenvalue weighted by molar-refractivity contribution is 5.16. The molecule has 0 unspecified atom stereocenters. The van der Waals surface area contributed by atoms with Crippen LogP contribution in [-0.4, -0.2) is 14.5 Å². The third kappa shape index (κ3) is 2.28. The van der Waals surface area contributed by atoms with Gasteiger partial charge in [0, 0.05) is 26.0 Å². The van der Waals surface area contributed by atoms with Crippen LogP contribution in [0.1, 0.15) is 17.0 Å². The fraction of sp³-hybridized carbons (Fsp3) is 0.333. The summed E-state index contributed by atoms with van der Waals surface area (Å²) in [6.07, 6.45) is 7.37. The maximum atomic E-state index is 5.69. The van der Waals surface area contributed by atoms with E-state index in [-0.39, 0.29) is 0 Å². The molecule has 0 spiro atoms. The van der Waals surface area contributed by atoms with Crippen molar-refractivity contribution in [1.29, 1.82) is 0 Å². The number of nitrogens with two attached hydrogens (primary N) is 1. The lowest BCUT2D eigenvalue weighted by molar-refractivity contribution is 0.801. The van der Waals surface area contributed by atoms with Crippen LogP contribution < -0.4 is 5.73 Å². The highest BCUT2D eigenvalue weighted by Gasteiger charge is 2.06. The average molecular weight is 216 g/mol. The van der Waals surface area contributed by atoms with E-state index in [1.54, 1.807) is 6.20 Å². The number of hydrogen-bond donors (Lipinski definition) is 1. The van der Waals surface area contributed by atoms with Gasteiger partial charge in [0.15, 0.2) is 0 Å². The van der Waals surface area contributed by atoms with Crippen molar-refractivity contribution in [2.75, 3.05) is 0 Å². The molecule has 0 saturated heterocycles. The highest BCUT2D eigenvalue weighted by atomic mass is 15.0. The largest absolute Gasteiger partial charge is 0.336 e. The number of hydrogen-bond acceptors (Lipinski definition) is 3. The van der Waals surface area contributed by atoms with Gasteiger partial charge >= 0.3 is 0 Å². The van der Waals surface area contributed by atoms with Gasteiger partial charge in [0.1, 0.15) is 0 Å². The van der Waals surface area contributed by atoms with Gasteiger partial charge < -0.3 is 10.3 Å². The lowest BCUT2D eigenvalue weighted by Crippen LogP contribution is -2.06.